The van der Waals surface area contributed by atoms with Gasteiger partial charge in [-0.2, -0.15) is 5.26 Å². The molecule has 0 bridgehead atoms. The summed E-state index contributed by atoms with van der Waals surface area (Å²) in [6.45, 7) is 2.30. The Morgan fingerprint density at radius 3 is 2.48 bits per heavy atom. The van der Waals surface area contributed by atoms with E-state index in [0.29, 0.717) is 28.1 Å². The molecule has 0 aliphatic heterocycles. The number of amides is 1. The molecule has 0 aliphatic rings. The number of ether oxygens (including phenoxy) is 1. The van der Waals surface area contributed by atoms with Gasteiger partial charge in [-0.3, -0.25) is 4.79 Å². The maximum atomic E-state index is 12.4. The van der Waals surface area contributed by atoms with Crippen molar-refractivity contribution in [2.45, 2.75) is 13.5 Å². The Bertz CT molecular complexity index is 1190. The zero-order chi connectivity index (χ0) is 22.4. The Balaban J connectivity index is 1.70. The minimum absolute atomic E-state index is 0.0147. The Labute approximate surface area is 204 Å². The molecule has 3 aromatic carbocycles. The van der Waals surface area contributed by atoms with E-state index in [1.165, 1.54) is 0 Å². The molecule has 0 aromatic heterocycles. The van der Waals surface area contributed by atoms with E-state index in [1.807, 2.05) is 37.3 Å². The fourth-order valence-electron chi connectivity index (χ4n) is 2.67. The second-order valence-electron chi connectivity index (χ2n) is 6.72. The summed E-state index contributed by atoms with van der Waals surface area (Å²) in [4.78, 5) is 12.4. The highest BCUT2D eigenvalue weighted by Crippen LogP contribution is 2.26. The number of nitrogens with one attached hydrogen (secondary N) is 1. The monoisotopic (exact) mass is 562 g/mol. The maximum Gasteiger partial charge on any atom is 0.266 e. The molecule has 0 unspecified atom stereocenters. The number of benzene rings is 3. The van der Waals surface area contributed by atoms with Gasteiger partial charge in [-0.15, -0.1) is 0 Å². The van der Waals surface area contributed by atoms with Gasteiger partial charge in [0.25, 0.3) is 5.91 Å². The highest BCUT2D eigenvalue weighted by molar-refractivity contribution is 14.1. The fourth-order valence-corrected chi connectivity index (χ4v) is 3.68. The minimum Gasteiger partial charge on any atom is -0.488 e. The lowest BCUT2D eigenvalue weighted by Crippen LogP contribution is -2.13. The summed E-state index contributed by atoms with van der Waals surface area (Å²) in [6.07, 6.45) is 1.55. The molecule has 0 fully saturated rings. The summed E-state index contributed by atoms with van der Waals surface area (Å²) in [7, 11) is 0. The molecule has 1 N–H and O–H groups in total. The summed E-state index contributed by atoms with van der Waals surface area (Å²) in [5.74, 6) is 0.229. The standard InChI is InChI=1S/C24H17Cl2IN2O2/c1-15-2-6-19(7-3-15)29-24(30)18(13-28)10-16-5-9-23(22(27)12-16)31-14-17-4-8-20(25)21(26)11-17/h2-12H,14H2,1H3,(H,29,30)/b18-10-. The summed E-state index contributed by atoms with van der Waals surface area (Å²) in [5, 5.41) is 13.1. The predicted octanol–water partition coefficient (Wildman–Crippen LogP) is 7.03. The van der Waals surface area contributed by atoms with E-state index in [1.54, 1.807) is 42.5 Å². The Morgan fingerprint density at radius 2 is 1.84 bits per heavy atom. The zero-order valence-electron chi connectivity index (χ0n) is 16.5. The van der Waals surface area contributed by atoms with E-state index >= 15 is 0 Å². The number of anilines is 1. The van der Waals surface area contributed by atoms with Crippen molar-refractivity contribution in [2.24, 2.45) is 0 Å². The summed E-state index contributed by atoms with van der Waals surface area (Å²) in [6, 6.07) is 20.1. The van der Waals surface area contributed by atoms with Crippen molar-refractivity contribution in [1.82, 2.24) is 0 Å². The molecule has 3 aromatic rings. The number of nitrogens with zero attached hydrogens (tertiary/aromatic N) is 1. The highest BCUT2D eigenvalue weighted by atomic mass is 127. The van der Waals surface area contributed by atoms with Crippen LogP contribution >= 0.6 is 45.8 Å². The normalized spacial score (nSPS) is 11.0. The number of carbonyl (C=O) groups is 1. The van der Waals surface area contributed by atoms with Crippen molar-refractivity contribution in [2.75, 3.05) is 5.32 Å². The first kappa shape index (κ1) is 23.1. The molecular formula is C24H17Cl2IN2O2. The van der Waals surface area contributed by atoms with Crippen molar-refractivity contribution in [3.8, 4) is 11.8 Å². The van der Waals surface area contributed by atoms with Crippen LogP contribution in [0.3, 0.4) is 0 Å². The van der Waals surface area contributed by atoms with Crippen molar-refractivity contribution in [3.63, 3.8) is 0 Å². The Morgan fingerprint density at radius 1 is 1.10 bits per heavy atom. The molecule has 7 heteroatoms. The van der Waals surface area contributed by atoms with Gasteiger partial charge in [0, 0.05) is 5.69 Å². The van der Waals surface area contributed by atoms with Crippen molar-refractivity contribution in [3.05, 3.63) is 96.5 Å². The Kier molecular flexibility index (Phi) is 7.97. The zero-order valence-corrected chi connectivity index (χ0v) is 20.1. The number of aryl methyl sites for hydroxylation is 1. The van der Waals surface area contributed by atoms with Gasteiger partial charge in [-0.1, -0.05) is 53.0 Å². The van der Waals surface area contributed by atoms with Crippen LogP contribution in [0.15, 0.2) is 66.2 Å². The number of halogens is 3. The van der Waals surface area contributed by atoms with E-state index in [9.17, 15) is 10.1 Å². The quantitative estimate of drug-likeness (QED) is 0.199. The number of nitriles is 1. The largest absolute Gasteiger partial charge is 0.488 e. The number of hydrogen-bond donors (Lipinski definition) is 1. The van der Waals surface area contributed by atoms with Gasteiger partial charge in [0.05, 0.1) is 13.6 Å². The summed E-state index contributed by atoms with van der Waals surface area (Å²) in [5.41, 5.74) is 3.36. The first-order valence-corrected chi connectivity index (χ1v) is 11.1. The third-order valence-electron chi connectivity index (χ3n) is 4.32. The molecule has 0 heterocycles. The molecule has 0 radical (unpaired) electrons. The molecule has 0 saturated heterocycles. The van der Waals surface area contributed by atoms with Gasteiger partial charge in [0.1, 0.15) is 24.0 Å². The van der Waals surface area contributed by atoms with Crippen molar-refractivity contribution < 1.29 is 9.53 Å². The second-order valence-corrected chi connectivity index (χ2v) is 8.69. The van der Waals surface area contributed by atoms with Crippen molar-refractivity contribution >= 4 is 63.5 Å². The lowest BCUT2D eigenvalue weighted by Gasteiger charge is -2.10. The Hall–Kier alpha value is -2.53. The van der Waals surface area contributed by atoms with Gasteiger partial charge in [0.2, 0.25) is 0 Å². The topological polar surface area (TPSA) is 62.1 Å². The molecule has 0 spiro atoms. The smallest absolute Gasteiger partial charge is 0.266 e. The molecule has 0 aliphatic carbocycles. The van der Waals surface area contributed by atoms with Crippen LogP contribution in [0.4, 0.5) is 5.69 Å². The first-order chi connectivity index (χ1) is 14.9. The van der Waals surface area contributed by atoms with E-state index in [-0.39, 0.29) is 5.57 Å². The van der Waals surface area contributed by atoms with Crippen LogP contribution in [-0.2, 0) is 11.4 Å². The average Bonchev–Trinajstić information content (AvgIpc) is 2.75. The van der Waals surface area contributed by atoms with Crippen LogP contribution in [-0.4, -0.2) is 5.91 Å². The average molecular weight is 563 g/mol. The lowest BCUT2D eigenvalue weighted by molar-refractivity contribution is -0.112. The van der Waals surface area contributed by atoms with Crippen LogP contribution in [0.25, 0.3) is 6.08 Å². The van der Waals surface area contributed by atoms with Crippen molar-refractivity contribution in [1.29, 1.82) is 5.26 Å². The van der Waals surface area contributed by atoms with E-state index < -0.39 is 5.91 Å². The second kappa shape index (κ2) is 10.7. The van der Waals surface area contributed by atoms with Gasteiger partial charge >= 0.3 is 0 Å². The third kappa shape index (κ3) is 6.47. The number of carbonyl (C=O) groups excluding carboxylic acids is 1. The van der Waals surface area contributed by atoms with Crippen LogP contribution < -0.4 is 10.1 Å². The van der Waals surface area contributed by atoms with E-state index in [4.69, 9.17) is 27.9 Å². The molecule has 0 atom stereocenters. The summed E-state index contributed by atoms with van der Waals surface area (Å²) < 4.78 is 6.72. The maximum absolute atomic E-state index is 12.4. The highest BCUT2D eigenvalue weighted by Gasteiger charge is 2.11. The van der Waals surface area contributed by atoms with Gasteiger partial charge in [0.15, 0.2) is 0 Å². The van der Waals surface area contributed by atoms with E-state index in [0.717, 1.165) is 20.3 Å². The SMILES string of the molecule is Cc1ccc(NC(=O)/C(C#N)=C\c2ccc(OCc3ccc(Cl)c(Cl)c3)c(I)c2)cc1. The van der Waals surface area contributed by atoms with Gasteiger partial charge in [-0.25, -0.2) is 0 Å². The molecule has 4 nitrogen and oxygen atoms in total. The van der Waals surface area contributed by atoms with Crippen LogP contribution in [0.5, 0.6) is 5.75 Å². The van der Waals surface area contributed by atoms with Gasteiger partial charge in [-0.05, 0) is 83.1 Å². The first-order valence-electron chi connectivity index (χ1n) is 9.22. The number of rotatable bonds is 6. The van der Waals surface area contributed by atoms with Crippen LogP contribution in [0.2, 0.25) is 10.0 Å². The van der Waals surface area contributed by atoms with E-state index in [2.05, 4.69) is 27.9 Å². The fraction of sp³-hybridized carbons (Fsp3) is 0.0833. The van der Waals surface area contributed by atoms with Crippen LogP contribution in [0.1, 0.15) is 16.7 Å². The molecule has 156 valence electrons. The molecule has 3 rings (SSSR count). The summed E-state index contributed by atoms with van der Waals surface area (Å²) >= 11 is 14.1. The molecule has 0 saturated carbocycles. The van der Waals surface area contributed by atoms with Crippen LogP contribution in [0, 0.1) is 21.8 Å². The minimum atomic E-state index is -0.457. The molecule has 1 amide bonds. The lowest BCUT2D eigenvalue weighted by atomic mass is 10.1. The van der Waals surface area contributed by atoms with Gasteiger partial charge < -0.3 is 10.1 Å². The number of hydrogen-bond acceptors (Lipinski definition) is 3. The molecular weight excluding hydrogens is 546 g/mol. The predicted molar refractivity (Wildman–Crippen MR) is 133 cm³/mol. The third-order valence-corrected chi connectivity index (χ3v) is 5.90. The molecule has 31 heavy (non-hydrogen) atoms.